The quantitative estimate of drug-likeness (QED) is 0.553. The van der Waals surface area contributed by atoms with Crippen LogP contribution in [-0.2, 0) is 4.79 Å². The zero-order chi connectivity index (χ0) is 14.3. The molecule has 0 aliphatic carbocycles. The van der Waals surface area contributed by atoms with Crippen molar-refractivity contribution in [1.82, 2.24) is 0 Å². The van der Waals surface area contributed by atoms with Crippen molar-refractivity contribution in [1.29, 1.82) is 0 Å². The topological polar surface area (TPSA) is 29.1 Å². The van der Waals surface area contributed by atoms with Gasteiger partial charge in [0.05, 0.1) is 0 Å². The molecule has 0 heterocycles. The van der Waals surface area contributed by atoms with E-state index < -0.39 is 0 Å². The van der Waals surface area contributed by atoms with Crippen molar-refractivity contribution in [3.63, 3.8) is 0 Å². The first kappa shape index (κ1) is 16.2. The third-order valence-corrected chi connectivity index (χ3v) is 3.53. The summed E-state index contributed by atoms with van der Waals surface area (Å²) in [5.74, 6) is 0.519. The lowest BCUT2D eigenvalue weighted by atomic mass is 10.0. The van der Waals surface area contributed by atoms with Crippen LogP contribution in [0.5, 0.6) is 0 Å². The van der Waals surface area contributed by atoms with Crippen LogP contribution in [0.1, 0.15) is 40.0 Å². The summed E-state index contributed by atoms with van der Waals surface area (Å²) in [6.07, 6.45) is 4.93. The molecule has 104 valence electrons. The van der Waals surface area contributed by atoms with E-state index in [4.69, 9.17) is 0 Å². The van der Waals surface area contributed by atoms with Gasteiger partial charge in [-0.1, -0.05) is 24.6 Å². The number of rotatable bonds is 6. The van der Waals surface area contributed by atoms with E-state index in [0.717, 1.165) is 22.1 Å². The third kappa shape index (κ3) is 7.35. The average Bonchev–Trinajstić information content (AvgIpc) is 2.27. The Labute approximate surface area is 129 Å². The number of halogens is 1. The van der Waals surface area contributed by atoms with Crippen LogP contribution in [0.15, 0.2) is 35.9 Å². The van der Waals surface area contributed by atoms with Gasteiger partial charge >= 0.3 is 0 Å². The fraction of sp³-hybridized carbons (Fsp3) is 0.438. The molecule has 3 heteroatoms. The molecule has 0 bridgehead atoms. The number of hydrogen-bond donors (Lipinski definition) is 1. The summed E-state index contributed by atoms with van der Waals surface area (Å²) in [4.78, 5) is 11.9. The predicted molar refractivity (Wildman–Crippen MR) is 90.2 cm³/mol. The molecule has 1 unspecified atom stereocenters. The molecule has 0 aromatic heterocycles. The molecule has 0 spiro atoms. The van der Waals surface area contributed by atoms with Gasteiger partial charge in [0.15, 0.2) is 0 Å². The normalized spacial score (nSPS) is 11.8. The van der Waals surface area contributed by atoms with Gasteiger partial charge in [-0.25, -0.2) is 0 Å². The van der Waals surface area contributed by atoms with Crippen molar-refractivity contribution in [2.24, 2.45) is 5.92 Å². The number of carbonyl (C=O) groups excluding carboxylic acids is 1. The number of anilines is 1. The van der Waals surface area contributed by atoms with E-state index >= 15 is 0 Å². The predicted octanol–water partition coefficient (Wildman–Crippen LogP) is 5.00. The molecule has 0 saturated carbocycles. The Balaban J connectivity index is 2.36. The van der Waals surface area contributed by atoms with Crippen LogP contribution in [-0.4, -0.2) is 5.91 Å². The Bertz CT molecular complexity index is 450. The molecule has 1 amide bonds. The van der Waals surface area contributed by atoms with E-state index in [1.807, 2.05) is 24.3 Å². The maximum absolute atomic E-state index is 11.9. The van der Waals surface area contributed by atoms with E-state index in [1.54, 1.807) is 0 Å². The van der Waals surface area contributed by atoms with Crippen molar-refractivity contribution in [3.8, 4) is 0 Å². The summed E-state index contributed by atoms with van der Waals surface area (Å²) in [5, 5.41) is 2.95. The Kier molecular flexibility index (Phi) is 7.13. The molecule has 19 heavy (non-hydrogen) atoms. The molecule has 2 nitrogen and oxygen atoms in total. The first-order chi connectivity index (χ1) is 8.97. The van der Waals surface area contributed by atoms with Crippen LogP contribution < -0.4 is 5.32 Å². The van der Waals surface area contributed by atoms with E-state index in [1.165, 1.54) is 5.57 Å². The molecule has 0 aliphatic heterocycles. The van der Waals surface area contributed by atoms with Gasteiger partial charge in [0.1, 0.15) is 0 Å². The average molecular weight is 371 g/mol. The van der Waals surface area contributed by atoms with E-state index in [-0.39, 0.29) is 5.91 Å². The summed E-state index contributed by atoms with van der Waals surface area (Å²) in [5.41, 5.74) is 2.23. The molecular formula is C16H22INO. The van der Waals surface area contributed by atoms with Crippen molar-refractivity contribution < 1.29 is 4.79 Å². The van der Waals surface area contributed by atoms with E-state index in [9.17, 15) is 4.79 Å². The summed E-state index contributed by atoms with van der Waals surface area (Å²) >= 11 is 2.24. The van der Waals surface area contributed by atoms with Crippen molar-refractivity contribution in [2.75, 3.05) is 5.32 Å². The van der Waals surface area contributed by atoms with E-state index in [0.29, 0.717) is 12.3 Å². The van der Waals surface area contributed by atoms with Gasteiger partial charge in [-0.3, -0.25) is 4.79 Å². The summed E-state index contributed by atoms with van der Waals surface area (Å²) in [6.45, 7) is 6.34. The number of carbonyl (C=O) groups is 1. The Hall–Kier alpha value is -0.840. The van der Waals surface area contributed by atoms with Crippen molar-refractivity contribution in [3.05, 3.63) is 39.5 Å². The van der Waals surface area contributed by atoms with E-state index in [2.05, 4.69) is 54.8 Å². The summed E-state index contributed by atoms with van der Waals surface area (Å²) in [7, 11) is 0. The lowest BCUT2D eigenvalue weighted by molar-refractivity contribution is -0.117. The maximum Gasteiger partial charge on any atom is 0.224 e. The largest absolute Gasteiger partial charge is 0.326 e. The molecule has 1 rings (SSSR count). The van der Waals surface area contributed by atoms with Gasteiger partial charge in [-0.15, -0.1) is 0 Å². The van der Waals surface area contributed by atoms with Gasteiger partial charge in [-0.2, -0.15) is 0 Å². The highest BCUT2D eigenvalue weighted by molar-refractivity contribution is 14.1. The van der Waals surface area contributed by atoms with Crippen molar-refractivity contribution in [2.45, 2.75) is 40.0 Å². The van der Waals surface area contributed by atoms with Gasteiger partial charge in [-0.05, 0) is 73.4 Å². The SMILES string of the molecule is CC(C)=CCCC(C)CC(=O)Nc1cccc(I)c1. The lowest BCUT2D eigenvalue weighted by Crippen LogP contribution is -2.15. The van der Waals surface area contributed by atoms with Crippen LogP contribution in [0, 0.1) is 9.49 Å². The molecular weight excluding hydrogens is 349 g/mol. The summed E-state index contributed by atoms with van der Waals surface area (Å²) in [6, 6.07) is 7.87. The van der Waals surface area contributed by atoms with Crippen molar-refractivity contribution >= 4 is 34.2 Å². The maximum atomic E-state index is 11.9. The molecule has 1 atom stereocenters. The second-order valence-corrected chi connectivity index (χ2v) is 6.47. The lowest BCUT2D eigenvalue weighted by Gasteiger charge is -2.11. The first-order valence-corrected chi connectivity index (χ1v) is 7.74. The zero-order valence-corrected chi connectivity index (χ0v) is 14.0. The minimum atomic E-state index is 0.103. The number of benzene rings is 1. The molecule has 0 aliphatic rings. The first-order valence-electron chi connectivity index (χ1n) is 6.66. The second-order valence-electron chi connectivity index (χ2n) is 5.23. The Morgan fingerprint density at radius 1 is 1.42 bits per heavy atom. The highest BCUT2D eigenvalue weighted by Gasteiger charge is 2.08. The highest BCUT2D eigenvalue weighted by atomic mass is 127. The standard InChI is InChI=1S/C16H22INO/c1-12(2)6-4-7-13(3)10-16(19)18-15-9-5-8-14(17)11-15/h5-6,8-9,11,13H,4,7,10H2,1-3H3,(H,18,19). The number of amides is 1. The number of hydrogen-bond acceptors (Lipinski definition) is 1. The van der Waals surface area contributed by atoms with Crippen LogP contribution in [0.4, 0.5) is 5.69 Å². The highest BCUT2D eigenvalue weighted by Crippen LogP contribution is 2.15. The monoisotopic (exact) mass is 371 g/mol. The Morgan fingerprint density at radius 3 is 2.79 bits per heavy atom. The van der Waals surface area contributed by atoms with Gasteiger partial charge in [0.2, 0.25) is 5.91 Å². The Morgan fingerprint density at radius 2 is 2.16 bits per heavy atom. The fourth-order valence-electron chi connectivity index (χ4n) is 1.85. The second kappa shape index (κ2) is 8.35. The van der Waals surface area contributed by atoms with Gasteiger partial charge < -0.3 is 5.32 Å². The van der Waals surface area contributed by atoms with Gasteiger partial charge in [0, 0.05) is 15.7 Å². The fourth-order valence-corrected chi connectivity index (χ4v) is 2.40. The van der Waals surface area contributed by atoms with Gasteiger partial charge in [0.25, 0.3) is 0 Å². The number of allylic oxidation sites excluding steroid dienone is 2. The molecule has 1 aromatic rings. The smallest absolute Gasteiger partial charge is 0.224 e. The molecule has 0 saturated heterocycles. The molecule has 1 aromatic carbocycles. The molecule has 0 fully saturated rings. The minimum absolute atomic E-state index is 0.103. The number of nitrogens with one attached hydrogen (secondary N) is 1. The molecule has 0 radical (unpaired) electrons. The minimum Gasteiger partial charge on any atom is -0.326 e. The zero-order valence-electron chi connectivity index (χ0n) is 11.9. The molecule has 1 N–H and O–H groups in total. The third-order valence-electron chi connectivity index (χ3n) is 2.85. The van der Waals surface area contributed by atoms with Crippen LogP contribution >= 0.6 is 22.6 Å². The summed E-state index contributed by atoms with van der Waals surface area (Å²) < 4.78 is 1.13. The van der Waals surface area contributed by atoms with Crippen LogP contribution in [0.2, 0.25) is 0 Å². The van der Waals surface area contributed by atoms with Crippen LogP contribution in [0.3, 0.4) is 0 Å². The van der Waals surface area contributed by atoms with Crippen LogP contribution in [0.25, 0.3) is 0 Å².